The van der Waals surface area contributed by atoms with Gasteiger partial charge in [0.2, 0.25) is 11.9 Å². The topological polar surface area (TPSA) is 148 Å². The first-order valence-corrected chi connectivity index (χ1v) is 24.5. The van der Waals surface area contributed by atoms with E-state index in [9.17, 15) is 18.0 Å². The number of carbonyl (C=O) groups is 2. The molecule has 56 heavy (non-hydrogen) atoms. The molecule has 1 aliphatic heterocycles. The number of anilines is 3. The number of ether oxygens (including phenoxy) is 2. The fourth-order valence-electron chi connectivity index (χ4n) is 6.84. The van der Waals surface area contributed by atoms with E-state index in [0.29, 0.717) is 31.1 Å². The Morgan fingerprint density at radius 1 is 1.05 bits per heavy atom. The van der Waals surface area contributed by atoms with Crippen molar-refractivity contribution < 1.29 is 31.9 Å². The number of rotatable bonds is 12. The summed E-state index contributed by atoms with van der Waals surface area (Å²) in [5.41, 5.74) is 2.71. The van der Waals surface area contributed by atoms with Gasteiger partial charge in [0.25, 0.3) is 0 Å². The minimum Gasteiger partial charge on any atom is -0.444 e. The van der Waals surface area contributed by atoms with Crippen molar-refractivity contribution in [3.63, 3.8) is 0 Å². The highest BCUT2D eigenvalue weighted by atomic mass is 32.2. The quantitative estimate of drug-likeness (QED) is 0.108. The van der Waals surface area contributed by atoms with Crippen molar-refractivity contribution in [1.29, 1.82) is 0 Å². The molecule has 3 unspecified atom stereocenters. The summed E-state index contributed by atoms with van der Waals surface area (Å²) in [5.74, 6) is -1.04. The summed E-state index contributed by atoms with van der Waals surface area (Å²) in [4.78, 5) is 39.6. The second-order valence-corrected chi connectivity index (χ2v) is 24.6. The Morgan fingerprint density at radius 3 is 2.32 bits per heavy atom. The Labute approximate surface area is 330 Å². The van der Waals surface area contributed by atoms with Gasteiger partial charge in [-0.1, -0.05) is 37.8 Å². The number of halogens is 1. The van der Waals surface area contributed by atoms with Crippen molar-refractivity contribution in [3.05, 3.63) is 60.2 Å². The van der Waals surface area contributed by atoms with Crippen molar-refractivity contribution in [3.8, 4) is 11.3 Å². The summed E-state index contributed by atoms with van der Waals surface area (Å²) < 4.78 is 53.5. The van der Waals surface area contributed by atoms with Gasteiger partial charge >= 0.3 is 6.09 Å². The van der Waals surface area contributed by atoms with Crippen LogP contribution in [0.15, 0.2) is 53.7 Å². The molecule has 1 saturated heterocycles. The van der Waals surface area contributed by atoms with Gasteiger partial charge in [-0.2, -0.15) is 0 Å². The molecule has 3 atom stereocenters. The molecule has 3 heterocycles. The molecule has 2 amide bonds. The average molecular weight is 810 g/mol. The van der Waals surface area contributed by atoms with Crippen LogP contribution in [0, 0.1) is 12.7 Å². The smallest absolute Gasteiger partial charge is 0.410 e. The van der Waals surface area contributed by atoms with E-state index in [1.807, 2.05) is 77.4 Å². The Kier molecular flexibility index (Phi) is 12.7. The number of hydrogen-bond donors (Lipinski definition) is 2. The van der Waals surface area contributed by atoms with Crippen LogP contribution in [-0.2, 0) is 30.8 Å². The van der Waals surface area contributed by atoms with Crippen LogP contribution in [0.4, 0.5) is 26.5 Å². The van der Waals surface area contributed by atoms with Crippen LogP contribution in [0.3, 0.4) is 0 Å². The number of para-hydroxylation sites is 1. The first kappa shape index (κ1) is 42.8. The minimum absolute atomic E-state index is 0.0740. The number of piperazine rings is 1. The predicted molar refractivity (Wildman–Crippen MR) is 221 cm³/mol. The second-order valence-electron chi connectivity index (χ2n) is 17.0. The monoisotopic (exact) mass is 809 g/mol. The van der Waals surface area contributed by atoms with Crippen LogP contribution in [0.2, 0.25) is 25.7 Å². The normalized spacial score (nSPS) is 17.5. The van der Waals surface area contributed by atoms with Crippen LogP contribution in [0.5, 0.6) is 0 Å². The van der Waals surface area contributed by atoms with Gasteiger partial charge in [0, 0.05) is 69.5 Å². The standard InChI is InChI=1S/C40H56FN7O6SSi/c1-25-20-42-38(44-31-15-13-17-33(34(31)41)55(8,51)52)45-35(25)30-23-47(24-53-18-19-56(9,10)11)36-29(30)14-12-16-32(36)43-37(49)28(4)46-21-26(2)48(27(3)22-46)39(50)54-40(5,6)7/h12-17,20,23,26-28H,18-19,21-22,24H2,1-11H3,(H,43,49)(H,42,44,45). The lowest BCUT2D eigenvalue weighted by molar-refractivity contribution is -0.122. The Balaban J connectivity index is 1.46. The van der Waals surface area contributed by atoms with Gasteiger partial charge < -0.3 is 29.6 Å². The summed E-state index contributed by atoms with van der Waals surface area (Å²) in [7, 11) is -5.17. The van der Waals surface area contributed by atoms with E-state index >= 15 is 4.39 Å². The van der Waals surface area contributed by atoms with Crippen molar-refractivity contribution in [2.45, 2.75) is 110 Å². The van der Waals surface area contributed by atoms with Gasteiger partial charge in [0.05, 0.1) is 28.6 Å². The molecular formula is C40H56FN7O6SSi. The molecule has 2 aromatic heterocycles. The van der Waals surface area contributed by atoms with Gasteiger partial charge in [0.1, 0.15) is 17.2 Å². The maximum atomic E-state index is 15.3. The maximum absolute atomic E-state index is 15.3. The molecule has 5 rings (SSSR count). The lowest BCUT2D eigenvalue weighted by Gasteiger charge is -2.46. The third kappa shape index (κ3) is 10.1. The van der Waals surface area contributed by atoms with Crippen LogP contribution in [-0.4, -0.2) is 103 Å². The molecule has 0 bridgehead atoms. The second kappa shape index (κ2) is 16.6. The fraction of sp³-hybridized carbons (Fsp3) is 0.500. The Hall–Kier alpha value is -4.38. The van der Waals surface area contributed by atoms with Crippen molar-refractivity contribution in [2.24, 2.45) is 0 Å². The first-order chi connectivity index (χ1) is 26.0. The van der Waals surface area contributed by atoms with E-state index in [1.54, 1.807) is 11.1 Å². The zero-order chi connectivity index (χ0) is 41.3. The molecule has 0 spiro atoms. The Bertz CT molecular complexity index is 2190. The van der Waals surface area contributed by atoms with E-state index in [1.165, 1.54) is 18.2 Å². The van der Waals surface area contributed by atoms with Gasteiger partial charge in [-0.25, -0.2) is 27.6 Å². The predicted octanol–water partition coefficient (Wildman–Crippen LogP) is 7.66. The lowest BCUT2D eigenvalue weighted by Crippen LogP contribution is -2.62. The molecule has 13 nitrogen and oxygen atoms in total. The zero-order valence-electron chi connectivity index (χ0n) is 34.4. The maximum Gasteiger partial charge on any atom is 0.410 e. The summed E-state index contributed by atoms with van der Waals surface area (Å²) >= 11 is 0. The van der Waals surface area contributed by atoms with Crippen molar-refractivity contribution >= 4 is 58.1 Å². The van der Waals surface area contributed by atoms with Crippen LogP contribution in [0.25, 0.3) is 22.2 Å². The number of hydrogen-bond acceptors (Lipinski definition) is 10. The number of aromatic nitrogens is 3. The van der Waals surface area contributed by atoms with Crippen molar-refractivity contribution in [1.82, 2.24) is 24.3 Å². The third-order valence-corrected chi connectivity index (χ3v) is 12.5. The summed E-state index contributed by atoms with van der Waals surface area (Å²) in [6, 6.07) is 9.90. The summed E-state index contributed by atoms with van der Waals surface area (Å²) in [5, 5.41) is 6.85. The van der Waals surface area contributed by atoms with E-state index in [-0.39, 0.29) is 42.5 Å². The van der Waals surface area contributed by atoms with Crippen LogP contribution >= 0.6 is 0 Å². The van der Waals surface area contributed by atoms with E-state index < -0.39 is 40.3 Å². The molecule has 304 valence electrons. The number of sulfone groups is 1. The number of nitrogens with one attached hydrogen (secondary N) is 2. The molecular weight excluding hydrogens is 754 g/mol. The summed E-state index contributed by atoms with van der Waals surface area (Å²) in [6.07, 6.45) is 4.14. The lowest BCUT2D eigenvalue weighted by atomic mass is 10.1. The van der Waals surface area contributed by atoms with Crippen LogP contribution in [0.1, 0.15) is 47.1 Å². The molecule has 2 aromatic carbocycles. The van der Waals surface area contributed by atoms with E-state index in [0.717, 1.165) is 34.3 Å². The number of benzene rings is 2. The largest absolute Gasteiger partial charge is 0.444 e. The molecule has 1 aliphatic rings. The number of amides is 2. The molecule has 2 N–H and O–H groups in total. The number of aryl methyl sites for hydroxylation is 1. The number of nitrogens with zero attached hydrogens (tertiary/aromatic N) is 5. The van der Waals surface area contributed by atoms with Gasteiger partial charge in [0.15, 0.2) is 15.7 Å². The highest BCUT2D eigenvalue weighted by molar-refractivity contribution is 7.90. The fourth-order valence-corrected chi connectivity index (χ4v) is 8.36. The third-order valence-electron chi connectivity index (χ3n) is 9.70. The van der Waals surface area contributed by atoms with Crippen LogP contribution < -0.4 is 10.6 Å². The molecule has 0 radical (unpaired) electrons. The van der Waals surface area contributed by atoms with E-state index in [2.05, 4.69) is 40.2 Å². The molecule has 4 aromatic rings. The number of fused-ring (bicyclic) bond motifs is 1. The van der Waals surface area contributed by atoms with Gasteiger partial charge in [-0.05, 0) is 78.3 Å². The highest BCUT2D eigenvalue weighted by Gasteiger charge is 2.38. The highest BCUT2D eigenvalue weighted by Crippen LogP contribution is 2.36. The summed E-state index contributed by atoms with van der Waals surface area (Å²) in [6.45, 7) is 21.9. The molecule has 16 heteroatoms. The molecule has 1 fully saturated rings. The molecule has 0 aliphatic carbocycles. The van der Waals surface area contributed by atoms with Crippen molar-refractivity contribution in [2.75, 3.05) is 36.6 Å². The van der Waals surface area contributed by atoms with E-state index in [4.69, 9.17) is 14.5 Å². The minimum atomic E-state index is -3.81. The SMILES string of the molecule is Cc1cnc(Nc2cccc(S(C)(=O)=O)c2F)nc1-c1cn(COCC[Si](C)(C)C)c2c(NC(=O)C(C)N3CC(C)N(C(=O)OC(C)(C)C)C(C)C3)cccc12. The first-order valence-electron chi connectivity index (χ1n) is 18.9. The van der Waals surface area contributed by atoms with Gasteiger partial charge in [-0.3, -0.25) is 9.69 Å². The van der Waals surface area contributed by atoms with Gasteiger partial charge in [-0.15, -0.1) is 0 Å². The molecule has 0 saturated carbocycles. The number of carbonyl (C=O) groups excluding carboxylic acids is 2. The average Bonchev–Trinajstić information content (AvgIpc) is 3.45. The Morgan fingerprint density at radius 2 is 1.70 bits per heavy atom. The zero-order valence-corrected chi connectivity index (χ0v) is 36.2.